The number of methoxy groups -OCH3 is 2. The van der Waals surface area contributed by atoms with Crippen LogP contribution < -0.4 is 14.8 Å². The molecule has 2 heterocycles. The smallest absolute Gasteiger partial charge is 0.318 e. The van der Waals surface area contributed by atoms with Gasteiger partial charge in [-0.25, -0.2) is 4.79 Å². The molecular formula is C19H28N2O4. The van der Waals surface area contributed by atoms with Gasteiger partial charge in [0.05, 0.1) is 32.4 Å². The van der Waals surface area contributed by atoms with E-state index < -0.39 is 0 Å². The second kappa shape index (κ2) is 7.95. The first-order valence-electron chi connectivity index (χ1n) is 9.04. The number of nitrogens with zero attached hydrogens (tertiary/aromatic N) is 1. The summed E-state index contributed by atoms with van der Waals surface area (Å²) in [7, 11) is 3.29. The van der Waals surface area contributed by atoms with Crippen molar-refractivity contribution in [2.45, 2.75) is 50.8 Å². The highest BCUT2D eigenvalue weighted by Crippen LogP contribution is 2.38. The minimum absolute atomic E-state index is 0.0222. The summed E-state index contributed by atoms with van der Waals surface area (Å²) < 4.78 is 16.5. The van der Waals surface area contributed by atoms with Crippen molar-refractivity contribution < 1.29 is 19.0 Å². The highest BCUT2D eigenvalue weighted by molar-refractivity contribution is 5.75. The fourth-order valence-corrected chi connectivity index (χ4v) is 3.79. The number of rotatable bonds is 5. The minimum atomic E-state index is -0.0247. The quantitative estimate of drug-likeness (QED) is 0.888. The lowest BCUT2D eigenvalue weighted by molar-refractivity contribution is 0.0829. The summed E-state index contributed by atoms with van der Waals surface area (Å²) in [5.41, 5.74) is 1.03. The van der Waals surface area contributed by atoms with Gasteiger partial charge in [0, 0.05) is 24.8 Å². The Morgan fingerprint density at radius 3 is 2.80 bits per heavy atom. The Balaban J connectivity index is 1.72. The molecule has 1 aromatic rings. The third-order valence-corrected chi connectivity index (χ3v) is 5.19. The van der Waals surface area contributed by atoms with Crippen molar-refractivity contribution in [3.63, 3.8) is 0 Å². The maximum absolute atomic E-state index is 12.8. The van der Waals surface area contributed by atoms with Crippen molar-refractivity contribution in [2.24, 2.45) is 0 Å². The number of nitrogens with one attached hydrogen (secondary N) is 1. The number of carbonyl (C=O) groups excluding carboxylic acids is 1. The van der Waals surface area contributed by atoms with E-state index in [1.165, 1.54) is 0 Å². The predicted octanol–water partition coefficient (Wildman–Crippen LogP) is 3.12. The number of ether oxygens (including phenoxy) is 3. The van der Waals surface area contributed by atoms with Gasteiger partial charge in [-0.3, -0.25) is 0 Å². The molecule has 2 aliphatic rings. The van der Waals surface area contributed by atoms with Crippen LogP contribution in [0.25, 0.3) is 0 Å². The number of likely N-dealkylation sites (tertiary alicyclic amines) is 1. The first kappa shape index (κ1) is 17.9. The predicted molar refractivity (Wildman–Crippen MR) is 95.2 cm³/mol. The Morgan fingerprint density at radius 1 is 1.28 bits per heavy atom. The molecule has 1 N–H and O–H groups in total. The fourth-order valence-electron chi connectivity index (χ4n) is 3.79. The Bertz CT molecular complexity index is 601. The van der Waals surface area contributed by atoms with Gasteiger partial charge < -0.3 is 24.4 Å². The number of urea groups is 1. The average Bonchev–Trinajstić information content (AvgIpc) is 3.32. The standard InChI is InChI=1S/C19H28N2O4/c1-13(17-7-5-11-25-17)20-19(22)21-10-4-6-16(21)15-9-8-14(23-2)12-18(15)24-3/h8-9,12-13,16-17H,4-7,10-11H2,1-3H3,(H,20,22)/t13-,16+,17+/m1/s1. The third-order valence-electron chi connectivity index (χ3n) is 5.19. The lowest BCUT2D eigenvalue weighted by Gasteiger charge is -2.29. The Labute approximate surface area is 149 Å². The van der Waals surface area contributed by atoms with Crippen LogP contribution >= 0.6 is 0 Å². The molecule has 0 radical (unpaired) electrons. The molecule has 2 amide bonds. The molecule has 0 spiro atoms. The van der Waals surface area contributed by atoms with Gasteiger partial charge in [0.1, 0.15) is 11.5 Å². The van der Waals surface area contributed by atoms with E-state index in [1.54, 1.807) is 14.2 Å². The van der Waals surface area contributed by atoms with Gasteiger partial charge in [0.2, 0.25) is 0 Å². The SMILES string of the molecule is COc1ccc([C@@H]2CCCN2C(=O)N[C@H](C)[C@@H]2CCCO2)c(OC)c1. The molecule has 2 aliphatic heterocycles. The van der Waals surface area contributed by atoms with Crippen LogP contribution in [-0.4, -0.2) is 50.4 Å². The molecule has 0 bridgehead atoms. The molecule has 3 atom stereocenters. The van der Waals surface area contributed by atoms with E-state index in [1.807, 2.05) is 30.0 Å². The van der Waals surface area contributed by atoms with Gasteiger partial charge in [0.25, 0.3) is 0 Å². The van der Waals surface area contributed by atoms with Crippen molar-refractivity contribution in [3.8, 4) is 11.5 Å². The first-order chi connectivity index (χ1) is 12.1. The zero-order valence-corrected chi connectivity index (χ0v) is 15.3. The number of carbonyl (C=O) groups is 1. The van der Waals surface area contributed by atoms with Crippen molar-refractivity contribution in [1.29, 1.82) is 0 Å². The monoisotopic (exact) mass is 348 g/mol. The van der Waals surface area contributed by atoms with E-state index in [0.717, 1.165) is 55.9 Å². The summed E-state index contributed by atoms with van der Waals surface area (Å²) >= 11 is 0. The summed E-state index contributed by atoms with van der Waals surface area (Å²) in [6.45, 7) is 3.57. The van der Waals surface area contributed by atoms with Crippen LogP contribution in [-0.2, 0) is 4.74 Å². The lowest BCUT2D eigenvalue weighted by Crippen LogP contribution is -2.47. The summed E-state index contributed by atoms with van der Waals surface area (Å²) in [5, 5.41) is 3.12. The van der Waals surface area contributed by atoms with E-state index in [-0.39, 0.29) is 24.2 Å². The normalized spacial score (nSPS) is 24.2. The van der Waals surface area contributed by atoms with Gasteiger partial charge in [0.15, 0.2) is 0 Å². The zero-order valence-electron chi connectivity index (χ0n) is 15.3. The number of hydrogen-bond donors (Lipinski definition) is 1. The highest BCUT2D eigenvalue weighted by atomic mass is 16.5. The molecule has 25 heavy (non-hydrogen) atoms. The molecule has 6 nitrogen and oxygen atoms in total. The Morgan fingerprint density at radius 2 is 2.12 bits per heavy atom. The van der Waals surface area contributed by atoms with E-state index >= 15 is 0 Å². The number of amides is 2. The number of benzene rings is 1. The highest BCUT2D eigenvalue weighted by Gasteiger charge is 2.34. The molecule has 0 aromatic heterocycles. The van der Waals surface area contributed by atoms with Crippen LogP contribution in [0.3, 0.4) is 0 Å². The summed E-state index contributed by atoms with van der Waals surface area (Å²) in [6, 6.07) is 5.81. The van der Waals surface area contributed by atoms with Gasteiger partial charge >= 0.3 is 6.03 Å². The maximum atomic E-state index is 12.8. The molecule has 138 valence electrons. The van der Waals surface area contributed by atoms with Gasteiger partial charge in [-0.15, -0.1) is 0 Å². The van der Waals surface area contributed by atoms with E-state index in [0.29, 0.717) is 0 Å². The molecule has 0 unspecified atom stereocenters. The largest absolute Gasteiger partial charge is 0.497 e. The van der Waals surface area contributed by atoms with Crippen LogP contribution in [0.15, 0.2) is 18.2 Å². The second-order valence-electron chi connectivity index (χ2n) is 6.75. The van der Waals surface area contributed by atoms with Crippen molar-refractivity contribution in [2.75, 3.05) is 27.4 Å². The Kier molecular flexibility index (Phi) is 5.68. The average molecular weight is 348 g/mol. The van der Waals surface area contributed by atoms with E-state index in [4.69, 9.17) is 14.2 Å². The zero-order chi connectivity index (χ0) is 17.8. The fraction of sp³-hybridized carbons (Fsp3) is 0.632. The molecule has 3 rings (SSSR count). The van der Waals surface area contributed by atoms with Crippen molar-refractivity contribution >= 4 is 6.03 Å². The van der Waals surface area contributed by atoms with Crippen LogP contribution in [0.4, 0.5) is 4.79 Å². The van der Waals surface area contributed by atoms with Gasteiger partial charge in [-0.05, 0) is 44.7 Å². The van der Waals surface area contributed by atoms with E-state index in [2.05, 4.69) is 5.32 Å². The molecular weight excluding hydrogens is 320 g/mol. The lowest BCUT2D eigenvalue weighted by atomic mass is 10.0. The third kappa shape index (κ3) is 3.84. The maximum Gasteiger partial charge on any atom is 0.318 e. The first-order valence-corrected chi connectivity index (χ1v) is 9.04. The van der Waals surface area contributed by atoms with Crippen LogP contribution in [0, 0.1) is 0 Å². The van der Waals surface area contributed by atoms with Gasteiger partial charge in [-0.1, -0.05) is 0 Å². The van der Waals surface area contributed by atoms with Crippen molar-refractivity contribution in [1.82, 2.24) is 10.2 Å². The molecule has 2 fully saturated rings. The second-order valence-corrected chi connectivity index (χ2v) is 6.75. The van der Waals surface area contributed by atoms with E-state index in [9.17, 15) is 4.79 Å². The van der Waals surface area contributed by atoms with Crippen molar-refractivity contribution in [3.05, 3.63) is 23.8 Å². The van der Waals surface area contributed by atoms with Crippen LogP contribution in [0.5, 0.6) is 11.5 Å². The summed E-state index contributed by atoms with van der Waals surface area (Å²) in [4.78, 5) is 14.7. The van der Waals surface area contributed by atoms with Gasteiger partial charge in [-0.2, -0.15) is 0 Å². The van der Waals surface area contributed by atoms with Crippen LogP contribution in [0.1, 0.15) is 44.2 Å². The minimum Gasteiger partial charge on any atom is -0.497 e. The molecule has 0 aliphatic carbocycles. The van der Waals surface area contributed by atoms with Crippen LogP contribution in [0.2, 0.25) is 0 Å². The summed E-state index contributed by atoms with van der Waals surface area (Å²) in [6.07, 6.45) is 4.13. The molecule has 2 saturated heterocycles. The topological polar surface area (TPSA) is 60.0 Å². The summed E-state index contributed by atoms with van der Waals surface area (Å²) in [5.74, 6) is 1.51. The Hall–Kier alpha value is -1.95. The molecule has 1 aromatic carbocycles. The molecule has 6 heteroatoms. The number of hydrogen-bond acceptors (Lipinski definition) is 4. The molecule has 0 saturated carbocycles.